The predicted molar refractivity (Wildman–Crippen MR) is 75.5 cm³/mol. The number of carboxylic acids is 1. The van der Waals surface area contributed by atoms with Gasteiger partial charge < -0.3 is 10.4 Å². The fraction of sp³-hybridized carbons (Fsp3) is 0.462. The molecule has 6 nitrogen and oxygen atoms in total. The predicted octanol–water partition coefficient (Wildman–Crippen LogP) is 3.55. The summed E-state index contributed by atoms with van der Waals surface area (Å²) in [5, 5.41) is 23.0. The molecule has 0 saturated heterocycles. The van der Waals surface area contributed by atoms with Gasteiger partial charge in [0.1, 0.15) is 0 Å². The summed E-state index contributed by atoms with van der Waals surface area (Å²) < 4.78 is 0. The molecule has 0 atom stereocenters. The molecule has 108 valence electrons. The average Bonchev–Trinajstić information content (AvgIpc) is 3.16. The summed E-state index contributed by atoms with van der Waals surface area (Å²) in [4.78, 5) is 21.3. The van der Waals surface area contributed by atoms with E-state index < -0.39 is 10.9 Å². The molecular weight excluding hydrogens is 284 g/mol. The number of carbonyl (C=O) groups is 1. The molecule has 20 heavy (non-hydrogen) atoms. The van der Waals surface area contributed by atoms with Gasteiger partial charge in [0.2, 0.25) is 0 Å². The van der Waals surface area contributed by atoms with E-state index in [0.717, 1.165) is 25.3 Å². The number of rotatable bonds is 6. The Balaban J connectivity index is 2.31. The second kappa shape index (κ2) is 5.28. The van der Waals surface area contributed by atoms with E-state index >= 15 is 0 Å². The third-order valence-corrected chi connectivity index (χ3v) is 4.16. The summed E-state index contributed by atoms with van der Waals surface area (Å²) in [7, 11) is 0. The molecule has 1 aromatic rings. The van der Waals surface area contributed by atoms with E-state index in [9.17, 15) is 20.0 Å². The Labute approximate surface area is 120 Å². The summed E-state index contributed by atoms with van der Waals surface area (Å²) >= 11 is 5.98. The van der Waals surface area contributed by atoms with E-state index in [0.29, 0.717) is 6.54 Å². The molecule has 1 aliphatic carbocycles. The summed E-state index contributed by atoms with van der Waals surface area (Å²) in [6, 6.07) is 2.20. The van der Waals surface area contributed by atoms with Crippen molar-refractivity contribution >= 4 is 28.9 Å². The minimum absolute atomic E-state index is 0.0588. The maximum absolute atomic E-state index is 11.2. The van der Waals surface area contributed by atoms with Crippen LogP contribution in [0.5, 0.6) is 0 Å². The van der Waals surface area contributed by atoms with Crippen LogP contribution in [0.3, 0.4) is 0 Å². The minimum atomic E-state index is -1.24. The first-order chi connectivity index (χ1) is 9.38. The number of hydrogen-bond acceptors (Lipinski definition) is 4. The number of carboxylic acid groups (broad SMARTS) is 1. The molecule has 1 aromatic carbocycles. The van der Waals surface area contributed by atoms with Gasteiger partial charge in [-0.05, 0) is 24.7 Å². The smallest absolute Gasteiger partial charge is 0.338 e. The number of nitro groups is 1. The number of halogens is 1. The number of non-ortho nitro benzene ring substituents is 1. The van der Waals surface area contributed by atoms with Gasteiger partial charge in [-0.3, -0.25) is 10.1 Å². The van der Waals surface area contributed by atoms with Gasteiger partial charge in [-0.1, -0.05) is 18.5 Å². The molecule has 0 spiro atoms. The Morgan fingerprint density at radius 1 is 1.55 bits per heavy atom. The second-order valence-corrected chi connectivity index (χ2v) is 5.53. The highest BCUT2D eigenvalue weighted by atomic mass is 35.5. The first kappa shape index (κ1) is 14.6. The molecular formula is C13H15ClN2O4. The maximum Gasteiger partial charge on any atom is 0.338 e. The van der Waals surface area contributed by atoms with Crippen molar-refractivity contribution < 1.29 is 14.8 Å². The van der Waals surface area contributed by atoms with Crippen molar-refractivity contribution in [2.75, 3.05) is 11.9 Å². The molecule has 0 aliphatic heterocycles. The Morgan fingerprint density at radius 3 is 2.65 bits per heavy atom. The average molecular weight is 299 g/mol. The number of nitrogens with one attached hydrogen (secondary N) is 1. The van der Waals surface area contributed by atoms with Crippen LogP contribution >= 0.6 is 11.6 Å². The molecule has 1 saturated carbocycles. The highest BCUT2D eigenvalue weighted by Crippen LogP contribution is 2.49. The van der Waals surface area contributed by atoms with Crippen LogP contribution in [0.2, 0.25) is 5.02 Å². The van der Waals surface area contributed by atoms with Gasteiger partial charge in [-0.15, -0.1) is 0 Å². The Morgan fingerprint density at radius 2 is 2.20 bits per heavy atom. The molecule has 2 rings (SSSR count). The van der Waals surface area contributed by atoms with E-state index in [1.54, 1.807) is 0 Å². The van der Waals surface area contributed by atoms with E-state index in [1.165, 1.54) is 6.07 Å². The summed E-state index contributed by atoms with van der Waals surface area (Å²) in [6.07, 6.45) is 3.21. The molecule has 1 fully saturated rings. The van der Waals surface area contributed by atoms with E-state index in [4.69, 9.17) is 11.6 Å². The number of nitrogens with zero attached hydrogens (tertiary/aromatic N) is 1. The second-order valence-electron chi connectivity index (χ2n) is 5.12. The number of benzene rings is 1. The van der Waals surface area contributed by atoms with Crippen LogP contribution in [0, 0.1) is 15.5 Å². The van der Waals surface area contributed by atoms with Crippen molar-refractivity contribution in [1.29, 1.82) is 0 Å². The molecule has 0 radical (unpaired) electrons. The first-order valence-corrected chi connectivity index (χ1v) is 6.71. The van der Waals surface area contributed by atoms with E-state index in [-0.39, 0.29) is 27.4 Å². The zero-order valence-electron chi connectivity index (χ0n) is 11.0. The zero-order chi connectivity index (χ0) is 14.9. The first-order valence-electron chi connectivity index (χ1n) is 6.34. The van der Waals surface area contributed by atoms with Gasteiger partial charge in [0.25, 0.3) is 5.69 Å². The molecule has 7 heteroatoms. The van der Waals surface area contributed by atoms with Crippen LogP contribution in [0.25, 0.3) is 0 Å². The van der Waals surface area contributed by atoms with Gasteiger partial charge in [-0.25, -0.2) is 4.79 Å². The SMILES string of the molecule is CCC1(CNc2c(Cl)cc([N+](=O)[O-])cc2C(=O)O)CC1. The fourth-order valence-corrected chi connectivity index (χ4v) is 2.43. The monoisotopic (exact) mass is 298 g/mol. The third kappa shape index (κ3) is 2.85. The van der Waals surface area contributed by atoms with Gasteiger partial charge in [0, 0.05) is 18.7 Å². The normalized spacial score (nSPS) is 15.7. The summed E-state index contributed by atoms with van der Waals surface area (Å²) in [5.41, 5.74) is -0.0314. The lowest BCUT2D eigenvalue weighted by molar-refractivity contribution is -0.384. The quantitative estimate of drug-likeness (QED) is 0.619. The lowest BCUT2D eigenvalue weighted by atomic mass is 10.0. The standard InChI is InChI=1S/C13H15ClN2O4/c1-2-13(3-4-13)7-15-11-9(12(17)18)5-8(16(19)20)6-10(11)14/h5-6,15H,2-4,7H2,1H3,(H,17,18). The van der Waals surface area contributed by atoms with Crippen molar-refractivity contribution in [3.8, 4) is 0 Å². The number of nitro benzene ring substituents is 1. The molecule has 2 N–H and O–H groups in total. The fourth-order valence-electron chi connectivity index (χ4n) is 2.15. The van der Waals surface area contributed by atoms with Crippen molar-refractivity contribution in [1.82, 2.24) is 0 Å². The largest absolute Gasteiger partial charge is 0.478 e. The highest BCUT2D eigenvalue weighted by molar-refractivity contribution is 6.34. The molecule has 1 aliphatic rings. The third-order valence-electron chi connectivity index (χ3n) is 3.86. The molecule has 0 unspecified atom stereocenters. The number of hydrogen-bond donors (Lipinski definition) is 2. The van der Waals surface area contributed by atoms with Crippen molar-refractivity contribution in [2.45, 2.75) is 26.2 Å². The van der Waals surface area contributed by atoms with Crippen LogP contribution in [0.4, 0.5) is 11.4 Å². The summed E-state index contributed by atoms with van der Waals surface area (Å²) in [5.74, 6) is -1.24. The molecule has 0 heterocycles. The summed E-state index contributed by atoms with van der Waals surface area (Å²) in [6.45, 7) is 2.71. The molecule has 0 amide bonds. The zero-order valence-corrected chi connectivity index (χ0v) is 11.7. The van der Waals surface area contributed by atoms with E-state index in [2.05, 4.69) is 12.2 Å². The highest BCUT2D eigenvalue weighted by Gasteiger charge is 2.40. The molecule has 0 aromatic heterocycles. The Bertz CT molecular complexity index is 570. The van der Waals surface area contributed by atoms with Crippen LogP contribution in [0.15, 0.2) is 12.1 Å². The molecule has 0 bridgehead atoms. The topological polar surface area (TPSA) is 92.5 Å². The van der Waals surface area contributed by atoms with Gasteiger partial charge >= 0.3 is 5.97 Å². The van der Waals surface area contributed by atoms with E-state index in [1.807, 2.05) is 0 Å². The van der Waals surface area contributed by atoms with Gasteiger partial charge in [-0.2, -0.15) is 0 Å². The number of aromatic carboxylic acids is 1. The van der Waals surface area contributed by atoms with Crippen LogP contribution in [-0.2, 0) is 0 Å². The minimum Gasteiger partial charge on any atom is -0.478 e. The van der Waals surface area contributed by atoms with Crippen molar-refractivity contribution in [2.24, 2.45) is 5.41 Å². The lowest BCUT2D eigenvalue weighted by Crippen LogP contribution is -2.17. The van der Waals surface area contributed by atoms with Gasteiger partial charge in [0.05, 0.1) is 21.2 Å². The van der Waals surface area contributed by atoms with Crippen molar-refractivity contribution in [3.63, 3.8) is 0 Å². The van der Waals surface area contributed by atoms with Crippen LogP contribution in [-0.4, -0.2) is 22.5 Å². The Hall–Kier alpha value is -1.82. The maximum atomic E-state index is 11.2. The van der Waals surface area contributed by atoms with Crippen LogP contribution < -0.4 is 5.32 Å². The van der Waals surface area contributed by atoms with Gasteiger partial charge in [0.15, 0.2) is 0 Å². The Kier molecular flexibility index (Phi) is 3.85. The number of anilines is 1. The van der Waals surface area contributed by atoms with Crippen LogP contribution in [0.1, 0.15) is 36.5 Å². The lowest BCUT2D eigenvalue weighted by Gasteiger charge is -2.17. The van der Waals surface area contributed by atoms with Crippen molar-refractivity contribution in [3.05, 3.63) is 32.8 Å².